The van der Waals surface area contributed by atoms with Gasteiger partial charge in [-0.2, -0.15) is 0 Å². The third-order valence-corrected chi connectivity index (χ3v) is 3.88. The second-order valence-electron chi connectivity index (χ2n) is 5.29. The quantitative estimate of drug-likeness (QED) is 0.708. The largest absolute Gasteiger partial charge is 0.367 e. The Morgan fingerprint density at radius 2 is 1.96 bits per heavy atom. The molecule has 4 nitrogen and oxygen atoms in total. The van der Waals surface area contributed by atoms with Gasteiger partial charge in [-0.3, -0.25) is 9.97 Å². The van der Waals surface area contributed by atoms with Crippen molar-refractivity contribution < 1.29 is 4.74 Å². The number of pyridine rings is 2. The molecule has 0 amide bonds. The fourth-order valence-corrected chi connectivity index (χ4v) is 2.65. The Labute approximate surface area is 140 Å². The molecule has 1 unspecified atom stereocenters. The molecule has 3 rings (SSSR count). The van der Waals surface area contributed by atoms with Gasteiger partial charge in [0.2, 0.25) is 0 Å². The van der Waals surface area contributed by atoms with Crippen LogP contribution in [-0.4, -0.2) is 15.0 Å². The molecule has 0 bridgehead atoms. The average molecular weight is 328 g/mol. The lowest BCUT2D eigenvalue weighted by Crippen LogP contribution is -2.03. The number of hydrogen-bond donors (Lipinski definition) is 1. The summed E-state index contributed by atoms with van der Waals surface area (Å²) in [5.41, 5.74) is 4.21. The summed E-state index contributed by atoms with van der Waals surface area (Å²) < 4.78 is 6.04. The monoisotopic (exact) mass is 327 g/mol. The second-order valence-corrected chi connectivity index (χ2v) is 5.73. The maximum absolute atomic E-state index is 6.04. The van der Waals surface area contributed by atoms with Gasteiger partial charge in [0.25, 0.3) is 0 Å². The van der Waals surface area contributed by atoms with E-state index in [0.29, 0.717) is 11.6 Å². The predicted octanol–water partition coefficient (Wildman–Crippen LogP) is 4.79. The van der Waals surface area contributed by atoms with Gasteiger partial charge >= 0.3 is 0 Å². The Balaban J connectivity index is 1.67. The molecule has 0 radical (unpaired) electrons. The Morgan fingerprint density at radius 3 is 2.70 bits per heavy atom. The first-order valence-corrected chi connectivity index (χ1v) is 7.94. The minimum Gasteiger partial charge on any atom is -0.367 e. The second kappa shape index (κ2) is 7.40. The van der Waals surface area contributed by atoms with E-state index in [1.54, 1.807) is 24.8 Å². The van der Waals surface area contributed by atoms with Crippen LogP contribution in [0.4, 0.5) is 0 Å². The van der Waals surface area contributed by atoms with Crippen LogP contribution >= 0.6 is 11.6 Å². The van der Waals surface area contributed by atoms with Crippen molar-refractivity contribution in [1.29, 1.82) is 0 Å². The predicted molar refractivity (Wildman–Crippen MR) is 91.1 cm³/mol. The van der Waals surface area contributed by atoms with E-state index in [4.69, 9.17) is 16.3 Å². The van der Waals surface area contributed by atoms with Gasteiger partial charge in [0.15, 0.2) is 0 Å². The number of aromatic nitrogens is 3. The summed E-state index contributed by atoms with van der Waals surface area (Å²) in [4.78, 5) is 11.4. The minimum atomic E-state index is 0.0672. The van der Waals surface area contributed by atoms with Gasteiger partial charge in [-0.05, 0) is 36.2 Å². The van der Waals surface area contributed by atoms with E-state index in [1.807, 2.05) is 24.4 Å². The van der Waals surface area contributed by atoms with Gasteiger partial charge < -0.3 is 9.72 Å². The van der Waals surface area contributed by atoms with Crippen molar-refractivity contribution in [2.75, 3.05) is 0 Å². The van der Waals surface area contributed by atoms with Crippen LogP contribution in [0, 0.1) is 0 Å². The lowest BCUT2D eigenvalue weighted by Gasteiger charge is -2.15. The summed E-state index contributed by atoms with van der Waals surface area (Å²) >= 11 is 5.99. The summed E-state index contributed by atoms with van der Waals surface area (Å²) in [7, 11) is 0. The van der Waals surface area contributed by atoms with Crippen molar-refractivity contribution in [2.24, 2.45) is 0 Å². The summed E-state index contributed by atoms with van der Waals surface area (Å²) in [6.45, 7) is 2.64. The maximum Gasteiger partial charge on any atom is 0.0874 e. The van der Waals surface area contributed by atoms with Gasteiger partial charge in [0.05, 0.1) is 17.7 Å². The highest BCUT2D eigenvalue weighted by Gasteiger charge is 2.11. The minimum absolute atomic E-state index is 0.0672. The number of nitrogens with one attached hydrogen (secondary N) is 1. The molecule has 0 aromatic carbocycles. The number of aromatic amines is 1. The molecule has 0 aliphatic carbocycles. The molecular weight excluding hydrogens is 310 g/mol. The van der Waals surface area contributed by atoms with Crippen molar-refractivity contribution >= 4 is 11.6 Å². The van der Waals surface area contributed by atoms with Crippen LogP contribution in [0.1, 0.15) is 30.7 Å². The number of rotatable bonds is 6. The van der Waals surface area contributed by atoms with Gasteiger partial charge in [-0.1, -0.05) is 18.5 Å². The van der Waals surface area contributed by atoms with Crippen molar-refractivity contribution in [3.05, 3.63) is 71.5 Å². The Morgan fingerprint density at radius 1 is 1.13 bits per heavy atom. The standard InChI is InChI=1S/C18H18ClN3O/c1-2-18(13-3-5-20-6-4-13)23-12-17-8-15(10-22-17)14-7-16(19)11-21-9-14/h3-11,18,22H,2,12H2,1H3. The fraction of sp³-hybridized carbons (Fsp3) is 0.222. The third-order valence-electron chi connectivity index (χ3n) is 3.67. The molecule has 3 aromatic rings. The summed E-state index contributed by atoms with van der Waals surface area (Å²) in [5.74, 6) is 0. The topological polar surface area (TPSA) is 50.8 Å². The summed E-state index contributed by atoms with van der Waals surface area (Å²) in [6, 6.07) is 7.94. The van der Waals surface area contributed by atoms with Crippen LogP contribution in [0.5, 0.6) is 0 Å². The number of ether oxygens (including phenoxy) is 1. The van der Waals surface area contributed by atoms with Crippen LogP contribution in [0.3, 0.4) is 0 Å². The van der Waals surface area contributed by atoms with Gasteiger partial charge in [0, 0.05) is 47.8 Å². The van der Waals surface area contributed by atoms with E-state index < -0.39 is 0 Å². The highest BCUT2D eigenvalue weighted by Crippen LogP contribution is 2.25. The van der Waals surface area contributed by atoms with E-state index in [0.717, 1.165) is 28.8 Å². The van der Waals surface area contributed by atoms with E-state index in [1.165, 1.54) is 0 Å². The van der Waals surface area contributed by atoms with Crippen LogP contribution in [-0.2, 0) is 11.3 Å². The van der Waals surface area contributed by atoms with Crippen molar-refractivity contribution in [1.82, 2.24) is 15.0 Å². The van der Waals surface area contributed by atoms with Gasteiger partial charge in [0.1, 0.15) is 0 Å². The molecule has 5 heteroatoms. The SMILES string of the molecule is CCC(OCc1cc(-c2cncc(Cl)c2)c[nH]1)c1ccncc1. The van der Waals surface area contributed by atoms with E-state index in [-0.39, 0.29) is 6.10 Å². The molecule has 1 atom stereocenters. The van der Waals surface area contributed by atoms with E-state index in [9.17, 15) is 0 Å². The molecule has 0 saturated heterocycles. The lowest BCUT2D eigenvalue weighted by atomic mass is 10.1. The zero-order chi connectivity index (χ0) is 16.1. The van der Waals surface area contributed by atoms with Gasteiger partial charge in [-0.25, -0.2) is 0 Å². The smallest absolute Gasteiger partial charge is 0.0874 e. The summed E-state index contributed by atoms with van der Waals surface area (Å²) in [6.07, 6.45) is 9.93. The Bertz CT molecular complexity index is 758. The van der Waals surface area contributed by atoms with Gasteiger partial charge in [-0.15, -0.1) is 0 Å². The lowest BCUT2D eigenvalue weighted by molar-refractivity contribution is 0.0354. The van der Waals surface area contributed by atoms with E-state index in [2.05, 4.69) is 27.9 Å². The normalized spacial score (nSPS) is 12.3. The Kier molecular flexibility index (Phi) is 5.05. The highest BCUT2D eigenvalue weighted by molar-refractivity contribution is 6.30. The molecule has 0 spiro atoms. The number of H-pyrrole nitrogens is 1. The summed E-state index contributed by atoms with van der Waals surface area (Å²) in [5, 5.41) is 0.630. The van der Waals surface area contributed by atoms with Crippen molar-refractivity contribution in [3.63, 3.8) is 0 Å². The zero-order valence-electron chi connectivity index (χ0n) is 12.9. The molecule has 23 heavy (non-hydrogen) atoms. The van der Waals surface area contributed by atoms with Crippen LogP contribution in [0.25, 0.3) is 11.1 Å². The molecule has 0 aliphatic rings. The number of nitrogens with zero attached hydrogens (tertiary/aromatic N) is 2. The molecule has 0 saturated carbocycles. The highest BCUT2D eigenvalue weighted by atomic mass is 35.5. The van der Waals surface area contributed by atoms with Crippen LogP contribution in [0.15, 0.2) is 55.2 Å². The molecule has 118 valence electrons. The molecule has 3 heterocycles. The Hall–Kier alpha value is -2.17. The van der Waals surface area contributed by atoms with Crippen molar-refractivity contribution in [3.8, 4) is 11.1 Å². The molecule has 0 fully saturated rings. The third kappa shape index (κ3) is 3.97. The molecular formula is C18H18ClN3O. The number of halogens is 1. The molecule has 1 N–H and O–H groups in total. The van der Waals surface area contributed by atoms with E-state index >= 15 is 0 Å². The average Bonchev–Trinajstić information content (AvgIpc) is 3.05. The molecule has 3 aromatic heterocycles. The first-order valence-electron chi connectivity index (χ1n) is 7.56. The van der Waals surface area contributed by atoms with Crippen LogP contribution in [0.2, 0.25) is 5.02 Å². The maximum atomic E-state index is 6.04. The van der Waals surface area contributed by atoms with Crippen LogP contribution < -0.4 is 0 Å². The number of hydrogen-bond acceptors (Lipinski definition) is 3. The fourth-order valence-electron chi connectivity index (χ4n) is 2.48. The first-order chi connectivity index (χ1) is 11.3. The zero-order valence-corrected chi connectivity index (χ0v) is 13.6. The molecule has 0 aliphatic heterocycles. The van der Waals surface area contributed by atoms with Crippen molar-refractivity contribution in [2.45, 2.75) is 26.1 Å². The first kappa shape index (κ1) is 15.7.